The monoisotopic (exact) mass is 318 g/mol. The Balaban J connectivity index is 1.66. The van der Waals surface area contributed by atoms with Crippen LogP contribution in [0.2, 0.25) is 0 Å². The molecule has 1 saturated heterocycles. The van der Waals surface area contributed by atoms with Gasteiger partial charge in [0.15, 0.2) is 0 Å². The van der Waals surface area contributed by atoms with E-state index in [0.29, 0.717) is 32.5 Å². The summed E-state index contributed by atoms with van der Waals surface area (Å²) in [5, 5.41) is 4.95. The Morgan fingerprint density at radius 1 is 1.13 bits per heavy atom. The van der Waals surface area contributed by atoms with Gasteiger partial charge in [-0.25, -0.2) is 4.79 Å². The quantitative estimate of drug-likeness (QED) is 0.722. The van der Waals surface area contributed by atoms with Gasteiger partial charge in [-0.05, 0) is 31.5 Å². The number of hydrogen-bond donors (Lipinski definition) is 3. The third kappa shape index (κ3) is 5.71. The van der Waals surface area contributed by atoms with Crippen molar-refractivity contribution in [3.8, 4) is 0 Å². The zero-order chi connectivity index (χ0) is 16.7. The summed E-state index contributed by atoms with van der Waals surface area (Å²) in [6.07, 6.45) is 1.31. The van der Waals surface area contributed by atoms with Crippen LogP contribution >= 0.6 is 0 Å². The first kappa shape index (κ1) is 17.0. The van der Waals surface area contributed by atoms with E-state index < -0.39 is 6.03 Å². The predicted octanol–water partition coefficient (Wildman–Crippen LogP) is 0.210. The van der Waals surface area contributed by atoms with E-state index in [1.807, 2.05) is 35.2 Å². The van der Waals surface area contributed by atoms with E-state index in [1.165, 1.54) is 0 Å². The molecule has 0 atom stereocenters. The van der Waals surface area contributed by atoms with Crippen LogP contribution in [0.25, 0.3) is 0 Å². The van der Waals surface area contributed by atoms with Crippen LogP contribution in [-0.4, -0.2) is 42.4 Å². The fraction of sp³-hybridized carbons (Fsp3) is 0.438. The molecule has 1 aromatic carbocycles. The van der Waals surface area contributed by atoms with Crippen LogP contribution in [0.5, 0.6) is 0 Å². The maximum Gasteiger partial charge on any atom is 0.321 e. The van der Waals surface area contributed by atoms with Crippen LogP contribution in [0.15, 0.2) is 30.3 Å². The third-order valence-electron chi connectivity index (χ3n) is 3.91. The number of urea groups is 1. The van der Waals surface area contributed by atoms with Crippen LogP contribution in [0, 0.1) is 5.92 Å². The van der Waals surface area contributed by atoms with Crippen molar-refractivity contribution in [3.05, 3.63) is 35.9 Å². The zero-order valence-electron chi connectivity index (χ0n) is 13.0. The number of imide groups is 1. The highest BCUT2D eigenvalue weighted by atomic mass is 16.2. The number of nitrogens with zero attached hydrogens (tertiary/aromatic N) is 1. The molecule has 2 rings (SSSR count). The average Bonchev–Trinajstić information content (AvgIpc) is 2.54. The molecule has 1 aliphatic rings. The second-order valence-electron chi connectivity index (χ2n) is 5.67. The highest BCUT2D eigenvalue weighted by Gasteiger charge is 2.24. The van der Waals surface area contributed by atoms with Crippen molar-refractivity contribution in [2.45, 2.75) is 19.4 Å². The molecule has 1 heterocycles. The molecule has 0 aromatic heterocycles. The van der Waals surface area contributed by atoms with E-state index in [0.717, 1.165) is 5.56 Å². The average molecular weight is 318 g/mol. The molecule has 0 bridgehead atoms. The summed E-state index contributed by atoms with van der Waals surface area (Å²) in [7, 11) is 0. The van der Waals surface area contributed by atoms with E-state index in [-0.39, 0.29) is 24.3 Å². The lowest BCUT2D eigenvalue weighted by molar-refractivity contribution is -0.123. The second-order valence-corrected chi connectivity index (χ2v) is 5.67. The molecular weight excluding hydrogens is 296 g/mol. The molecule has 0 spiro atoms. The number of benzene rings is 1. The number of rotatable bonds is 5. The summed E-state index contributed by atoms with van der Waals surface area (Å²) in [4.78, 5) is 36.5. The molecule has 124 valence electrons. The van der Waals surface area contributed by atoms with E-state index in [9.17, 15) is 14.4 Å². The highest BCUT2D eigenvalue weighted by Crippen LogP contribution is 2.15. The van der Waals surface area contributed by atoms with E-state index >= 15 is 0 Å². The van der Waals surface area contributed by atoms with Crippen molar-refractivity contribution in [3.63, 3.8) is 0 Å². The number of amides is 4. The molecule has 23 heavy (non-hydrogen) atoms. The molecule has 7 nitrogen and oxygen atoms in total. The SMILES string of the molecule is NC(=O)C1CCN(CC(=O)NC(=O)NCc2ccccc2)CC1. The van der Waals surface area contributed by atoms with Gasteiger partial charge in [-0.3, -0.25) is 19.8 Å². The van der Waals surface area contributed by atoms with Gasteiger partial charge in [0.05, 0.1) is 6.54 Å². The van der Waals surface area contributed by atoms with Gasteiger partial charge < -0.3 is 11.1 Å². The van der Waals surface area contributed by atoms with Crippen LogP contribution < -0.4 is 16.4 Å². The number of carbonyl (C=O) groups is 3. The lowest BCUT2D eigenvalue weighted by atomic mass is 9.96. The van der Waals surface area contributed by atoms with Crippen LogP contribution in [0.1, 0.15) is 18.4 Å². The van der Waals surface area contributed by atoms with Gasteiger partial charge in [-0.2, -0.15) is 0 Å². The first-order valence-corrected chi connectivity index (χ1v) is 7.68. The van der Waals surface area contributed by atoms with E-state index in [4.69, 9.17) is 5.73 Å². The number of primary amides is 1. The number of piperidine rings is 1. The lowest BCUT2D eigenvalue weighted by Crippen LogP contribution is -2.47. The summed E-state index contributed by atoms with van der Waals surface area (Å²) in [5.41, 5.74) is 6.23. The van der Waals surface area contributed by atoms with Gasteiger partial charge in [0.25, 0.3) is 0 Å². The maximum atomic E-state index is 11.8. The molecule has 0 aliphatic carbocycles. The fourth-order valence-electron chi connectivity index (χ4n) is 2.57. The lowest BCUT2D eigenvalue weighted by Gasteiger charge is -2.29. The van der Waals surface area contributed by atoms with Gasteiger partial charge in [0.1, 0.15) is 0 Å². The highest BCUT2D eigenvalue weighted by molar-refractivity contribution is 5.95. The van der Waals surface area contributed by atoms with Crippen molar-refractivity contribution in [2.75, 3.05) is 19.6 Å². The van der Waals surface area contributed by atoms with Gasteiger partial charge >= 0.3 is 6.03 Å². The predicted molar refractivity (Wildman–Crippen MR) is 85.2 cm³/mol. The molecule has 0 saturated carbocycles. The summed E-state index contributed by atoms with van der Waals surface area (Å²) in [6, 6.07) is 8.95. The summed E-state index contributed by atoms with van der Waals surface area (Å²) in [5.74, 6) is -0.744. The summed E-state index contributed by atoms with van der Waals surface area (Å²) >= 11 is 0. The number of hydrogen-bond acceptors (Lipinski definition) is 4. The Hall–Kier alpha value is -2.41. The first-order valence-electron chi connectivity index (χ1n) is 7.68. The maximum absolute atomic E-state index is 11.8. The molecule has 0 unspecified atom stereocenters. The Kier molecular flexibility index (Phi) is 6.10. The van der Waals surface area contributed by atoms with Crippen LogP contribution in [0.4, 0.5) is 4.79 Å². The number of nitrogens with one attached hydrogen (secondary N) is 2. The minimum Gasteiger partial charge on any atom is -0.369 e. The first-order chi connectivity index (χ1) is 11.0. The van der Waals surface area contributed by atoms with Gasteiger partial charge in [0, 0.05) is 12.5 Å². The normalized spacial score (nSPS) is 15.8. The van der Waals surface area contributed by atoms with E-state index in [2.05, 4.69) is 10.6 Å². The van der Waals surface area contributed by atoms with Crippen LogP contribution in [0.3, 0.4) is 0 Å². The molecular formula is C16H22N4O3. The Morgan fingerprint density at radius 3 is 2.39 bits per heavy atom. The smallest absolute Gasteiger partial charge is 0.321 e. The van der Waals surface area contributed by atoms with Crippen molar-refractivity contribution < 1.29 is 14.4 Å². The van der Waals surface area contributed by atoms with Gasteiger partial charge in [-0.15, -0.1) is 0 Å². The fourth-order valence-corrected chi connectivity index (χ4v) is 2.57. The Bertz CT molecular complexity index is 554. The van der Waals surface area contributed by atoms with Gasteiger partial charge in [0.2, 0.25) is 11.8 Å². The number of likely N-dealkylation sites (tertiary alicyclic amines) is 1. The molecule has 7 heteroatoms. The molecule has 4 amide bonds. The zero-order valence-corrected chi connectivity index (χ0v) is 13.0. The second kappa shape index (κ2) is 8.28. The minimum atomic E-state index is -0.508. The summed E-state index contributed by atoms with van der Waals surface area (Å²) in [6.45, 7) is 1.77. The Labute approximate surface area is 135 Å². The van der Waals surface area contributed by atoms with Crippen LogP contribution in [-0.2, 0) is 16.1 Å². The van der Waals surface area contributed by atoms with Crippen molar-refractivity contribution in [2.24, 2.45) is 11.7 Å². The summed E-state index contributed by atoms with van der Waals surface area (Å²) < 4.78 is 0. The molecule has 1 fully saturated rings. The molecule has 1 aromatic rings. The number of nitrogens with two attached hydrogens (primary N) is 1. The van der Waals surface area contributed by atoms with Crippen molar-refractivity contribution >= 4 is 17.8 Å². The van der Waals surface area contributed by atoms with Gasteiger partial charge in [-0.1, -0.05) is 30.3 Å². The third-order valence-corrected chi connectivity index (χ3v) is 3.91. The van der Waals surface area contributed by atoms with Crippen molar-refractivity contribution in [1.82, 2.24) is 15.5 Å². The standard InChI is InChI=1S/C16H22N4O3/c17-15(22)13-6-8-20(9-7-13)11-14(21)19-16(23)18-10-12-4-2-1-3-5-12/h1-5,13H,6-11H2,(H2,17,22)(H2,18,19,21,23). The molecule has 4 N–H and O–H groups in total. The number of carbonyl (C=O) groups excluding carboxylic acids is 3. The minimum absolute atomic E-state index is 0.108. The molecule has 1 aliphatic heterocycles. The largest absolute Gasteiger partial charge is 0.369 e. The van der Waals surface area contributed by atoms with Crippen molar-refractivity contribution in [1.29, 1.82) is 0 Å². The topological polar surface area (TPSA) is 105 Å². The molecule has 0 radical (unpaired) electrons. The van der Waals surface area contributed by atoms with E-state index in [1.54, 1.807) is 0 Å². The Morgan fingerprint density at radius 2 is 1.78 bits per heavy atom.